The van der Waals surface area contributed by atoms with Crippen molar-refractivity contribution in [1.82, 2.24) is 0 Å². The average Bonchev–Trinajstić information content (AvgIpc) is 1.87. The number of aliphatic hydroxyl groups excluding tert-OH is 2. The van der Waals surface area contributed by atoms with E-state index in [0.29, 0.717) is 0 Å². The van der Waals surface area contributed by atoms with Gasteiger partial charge < -0.3 is 20.7 Å². The van der Waals surface area contributed by atoms with Crippen LogP contribution in [0.5, 0.6) is 0 Å². The zero-order valence-electron chi connectivity index (χ0n) is 4.78. The Balaban J connectivity index is 3.46. The van der Waals surface area contributed by atoms with Crippen LogP contribution >= 0.6 is 0 Å². The second-order valence-electron chi connectivity index (χ2n) is 1.38. The van der Waals surface area contributed by atoms with E-state index >= 15 is 0 Å². The summed E-state index contributed by atoms with van der Waals surface area (Å²) in [6.07, 6.45) is 0. The molecule has 0 radical (unpaired) electrons. The van der Waals surface area contributed by atoms with Crippen LogP contribution in [0.25, 0.3) is 0 Å². The van der Waals surface area contributed by atoms with Crippen LogP contribution in [0.1, 0.15) is 0 Å². The molecule has 0 amide bonds. The predicted octanol–water partition coefficient (Wildman–Crippen LogP) is -2.20. The average molecular weight is 135 g/mol. The van der Waals surface area contributed by atoms with Crippen LogP contribution in [-0.4, -0.2) is 35.6 Å². The molecule has 9 heavy (non-hydrogen) atoms. The zero-order valence-corrected chi connectivity index (χ0v) is 4.78. The number of esters is 1. The van der Waals surface area contributed by atoms with Crippen LogP contribution in [0.15, 0.2) is 0 Å². The quantitative estimate of drug-likeness (QED) is 0.301. The first-order valence-electron chi connectivity index (χ1n) is 2.36. The molecule has 0 heterocycles. The number of carbonyl (C=O) groups excluding carboxylic acids is 1. The highest BCUT2D eigenvalue weighted by Crippen LogP contribution is 1.81. The number of hydrogen-bond acceptors (Lipinski definition) is 5. The van der Waals surface area contributed by atoms with Crippen molar-refractivity contribution in [2.45, 2.75) is 6.04 Å². The maximum atomic E-state index is 10.3. The standard InChI is InChI=1S/C4H9NO4/c5-3(1-6)4(8)9-2-7/h3,6-7H,1-2,5H2/t3-/m0/s1. The molecule has 0 aliphatic carbocycles. The van der Waals surface area contributed by atoms with Crippen molar-refractivity contribution in [3.8, 4) is 0 Å². The lowest BCUT2D eigenvalue weighted by molar-refractivity contribution is -0.154. The van der Waals surface area contributed by atoms with E-state index in [0.717, 1.165) is 0 Å². The topological polar surface area (TPSA) is 92.8 Å². The Labute approximate surface area is 52.0 Å². The number of ether oxygens (including phenoxy) is 1. The maximum absolute atomic E-state index is 10.3. The van der Waals surface area contributed by atoms with Gasteiger partial charge in [-0.05, 0) is 0 Å². The molecule has 0 saturated carbocycles. The fraction of sp³-hybridized carbons (Fsp3) is 0.750. The van der Waals surface area contributed by atoms with E-state index in [1.807, 2.05) is 0 Å². The van der Waals surface area contributed by atoms with Gasteiger partial charge in [0.05, 0.1) is 6.61 Å². The van der Waals surface area contributed by atoms with E-state index < -0.39 is 25.4 Å². The van der Waals surface area contributed by atoms with Crippen molar-refractivity contribution in [1.29, 1.82) is 0 Å². The van der Waals surface area contributed by atoms with Crippen molar-refractivity contribution in [3.63, 3.8) is 0 Å². The molecule has 1 atom stereocenters. The summed E-state index contributed by atoms with van der Waals surface area (Å²) in [4.78, 5) is 10.3. The van der Waals surface area contributed by atoms with E-state index in [-0.39, 0.29) is 0 Å². The Morgan fingerprint density at radius 3 is 2.56 bits per heavy atom. The van der Waals surface area contributed by atoms with Crippen molar-refractivity contribution in [2.24, 2.45) is 5.73 Å². The highest BCUT2D eigenvalue weighted by atomic mass is 16.6. The van der Waals surface area contributed by atoms with E-state index in [4.69, 9.17) is 15.9 Å². The van der Waals surface area contributed by atoms with Crippen LogP contribution < -0.4 is 5.73 Å². The van der Waals surface area contributed by atoms with E-state index in [2.05, 4.69) is 4.74 Å². The van der Waals surface area contributed by atoms with Gasteiger partial charge in [-0.1, -0.05) is 0 Å². The molecule has 0 bridgehead atoms. The smallest absolute Gasteiger partial charge is 0.327 e. The third-order valence-corrected chi connectivity index (χ3v) is 0.706. The van der Waals surface area contributed by atoms with Gasteiger partial charge in [-0.2, -0.15) is 0 Å². The minimum Gasteiger partial charge on any atom is -0.437 e. The number of rotatable bonds is 3. The van der Waals surface area contributed by atoms with Crippen molar-refractivity contribution >= 4 is 5.97 Å². The van der Waals surface area contributed by atoms with Gasteiger partial charge in [0.1, 0.15) is 6.04 Å². The van der Waals surface area contributed by atoms with Crippen molar-refractivity contribution in [2.75, 3.05) is 13.4 Å². The molecule has 5 nitrogen and oxygen atoms in total. The van der Waals surface area contributed by atoms with E-state index in [9.17, 15) is 4.79 Å². The third kappa shape index (κ3) is 3.02. The summed E-state index contributed by atoms with van der Waals surface area (Å²) in [6.45, 7) is -1.18. The fourth-order valence-corrected chi connectivity index (χ4v) is 0.245. The Bertz CT molecular complexity index is 94.6. The predicted molar refractivity (Wildman–Crippen MR) is 28.2 cm³/mol. The number of aliphatic hydroxyl groups is 2. The lowest BCUT2D eigenvalue weighted by atomic mass is 10.3. The highest BCUT2D eigenvalue weighted by Gasteiger charge is 2.11. The molecule has 0 aliphatic heterocycles. The summed E-state index contributed by atoms with van der Waals surface area (Å²) in [5, 5.41) is 16.2. The zero-order chi connectivity index (χ0) is 7.28. The molecule has 0 rings (SSSR count). The SMILES string of the molecule is N[C@@H](CO)C(=O)OCO. The van der Waals surface area contributed by atoms with Crippen LogP contribution in [0.4, 0.5) is 0 Å². The number of hydrogen-bond donors (Lipinski definition) is 3. The first-order valence-corrected chi connectivity index (χ1v) is 2.36. The van der Waals surface area contributed by atoms with Gasteiger partial charge in [0.2, 0.25) is 0 Å². The van der Waals surface area contributed by atoms with Crippen molar-refractivity contribution in [3.05, 3.63) is 0 Å². The molecule has 0 saturated heterocycles. The Morgan fingerprint density at radius 2 is 2.22 bits per heavy atom. The molecule has 0 unspecified atom stereocenters. The molecule has 54 valence electrons. The molecule has 4 N–H and O–H groups in total. The van der Waals surface area contributed by atoms with E-state index in [1.165, 1.54) is 0 Å². The normalized spacial score (nSPS) is 12.8. The molecule has 0 aromatic rings. The Hall–Kier alpha value is -0.650. The van der Waals surface area contributed by atoms with Gasteiger partial charge >= 0.3 is 5.97 Å². The first kappa shape index (κ1) is 8.35. The first-order chi connectivity index (χ1) is 4.22. The summed E-state index contributed by atoms with van der Waals surface area (Å²) in [7, 11) is 0. The van der Waals surface area contributed by atoms with Gasteiger partial charge in [-0.25, -0.2) is 0 Å². The van der Waals surface area contributed by atoms with Crippen molar-refractivity contribution < 1.29 is 19.7 Å². The van der Waals surface area contributed by atoms with Gasteiger partial charge in [0, 0.05) is 0 Å². The second kappa shape index (κ2) is 4.25. The molecular weight excluding hydrogens is 126 g/mol. The second-order valence-corrected chi connectivity index (χ2v) is 1.38. The molecule has 5 heteroatoms. The van der Waals surface area contributed by atoms with Crippen LogP contribution in [0.3, 0.4) is 0 Å². The molecule has 0 spiro atoms. The number of nitrogens with two attached hydrogens (primary N) is 1. The summed E-state index contributed by atoms with van der Waals surface area (Å²) in [5.74, 6) is -0.806. The molecule has 0 aromatic carbocycles. The molecule has 0 fully saturated rings. The minimum atomic E-state index is -1.04. The lowest BCUT2D eigenvalue weighted by Crippen LogP contribution is -2.35. The molecular formula is C4H9NO4. The fourth-order valence-electron chi connectivity index (χ4n) is 0.245. The van der Waals surface area contributed by atoms with Gasteiger partial charge in [-0.15, -0.1) is 0 Å². The van der Waals surface area contributed by atoms with Gasteiger partial charge in [-0.3, -0.25) is 4.79 Å². The maximum Gasteiger partial charge on any atom is 0.327 e. The molecule has 0 aromatic heterocycles. The Morgan fingerprint density at radius 1 is 1.67 bits per heavy atom. The van der Waals surface area contributed by atoms with E-state index in [1.54, 1.807) is 0 Å². The summed E-state index contributed by atoms with van der Waals surface area (Å²) < 4.78 is 4.03. The summed E-state index contributed by atoms with van der Waals surface area (Å²) in [6, 6.07) is -1.04. The largest absolute Gasteiger partial charge is 0.437 e. The molecule has 0 aliphatic rings. The van der Waals surface area contributed by atoms with Gasteiger partial charge in [0.25, 0.3) is 0 Å². The Kier molecular flexibility index (Phi) is 3.94. The number of carbonyl (C=O) groups is 1. The van der Waals surface area contributed by atoms with Crippen LogP contribution in [0.2, 0.25) is 0 Å². The minimum absolute atomic E-state index is 0.473. The van der Waals surface area contributed by atoms with Gasteiger partial charge in [0.15, 0.2) is 6.79 Å². The summed E-state index contributed by atoms with van der Waals surface area (Å²) >= 11 is 0. The third-order valence-electron chi connectivity index (χ3n) is 0.706. The lowest BCUT2D eigenvalue weighted by Gasteiger charge is -2.04. The van der Waals surface area contributed by atoms with Crippen LogP contribution in [-0.2, 0) is 9.53 Å². The monoisotopic (exact) mass is 135 g/mol. The summed E-state index contributed by atoms with van der Waals surface area (Å²) in [5.41, 5.74) is 4.97. The highest BCUT2D eigenvalue weighted by molar-refractivity contribution is 5.75. The van der Waals surface area contributed by atoms with Crippen LogP contribution in [0, 0.1) is 0 Å².